The number of carbonyl (C=O) groups is 3. The van der Waals surface area contributed by atoms with Crippen molar-refractivity contribution in [3.05, 3.63) is 99.5 Å². The summed E-state index contributed by atoms with van der Waals surface area (Å²) in [6.45, 7) is -0.264. The second-order valence-electron chi connectivity index (χ2n) is 6.42. The molecule has 2 amide bonds. The highest BCUT2D eigenvalue weighted by Gasteiger charge is 2.11. The number of hydrogen-bond donors (Lipinski definition) is 2. The quantitative estimate of drug-likeness (QED) is 0.235. The predicted octanol–water partition coefficient (Wildman–Crippen LogP) is 4.09. The zero-order valence-corrected chi connectivity index (χ0v) is 18.1. The first kappa shape index (κ1) is 23.0. The monoisotopic (exact) mass is 469 g/mol. The summed E-state index contributed by atoms with van der Waals surface area (Å²) in [5.74, 6) is -1.15. The molecule has 0 saturated heterocycles. The summed E-state index contributed by atoms with van der Waals surface area (Å²) in [5, 5.41) is 7.04. The van der Waals surface area contributed by atoms with Crippen molar-refractivity contribution >= 4 is 47.2 Å². The summed E-state index contributed by atoms with van der Waals surface area (Å²) >= 11 is 11.8. The standard InChI is InChI=1S/C23H17Cl2N3O4/c24-17-5-3-4-16(12-17)23(31)32-18-10-8-15(9-11-18)13-27-28-21(29)14-26-22(30)19-6-1-2-7-20(19)25/h1-13H,14H2,(H,26,30)(H,28,29). The summed E-state index contributed by atoms with van der Waals surface area (Å²) < 4.78 is 5.29. The summed E-state index contributed by atoms with van der Waals surface area (Å²) in [6.07, 6.45) is 1.41. The van der Waals surface area contributed by atoms with Crippen LogP contribution in [0.4, 0.5) is 0 Å². The van der Waals surface area contributed by atoms with Crippen LogP contribution in [-0.4, -0.2) is 30.5 Å². The number of halogens is 2. The van der Waals surface area contributed by atoms with Crippen molar-refractivity contribution in [2.75, 3.05) is 6.54 Å². The van der Waals surface area contributed by atoms with E-state index in [1.165, 1.54) is 12.3 Å². The first-order chi connectivity index (χ1) is 15.4. The molecule has 0 fully saturated rings. The summed E-state index contributed by atoms with van der Waals surface area (Å²) in [5.41, 5.74) is 3.59. The van der Waals surface area contributed by atoms with Crippen LogP contribution >= 0.6 is 23.2 Å². The minimum atomic E-state index is -0.528. The molecule has 3 aromatic carbocycles. The third-order valence-corrected chi connectivity index (χ3v) is 4.65. The molecule has 0 aliphatic heterocycles. The van der Waals surface area contributed by atoms with Crippen LogP contribution in [0.2, 0.25) is 10.0 Å². The molecular weight excluding hydrogens is 453 g/mol. The fourth-order valence-corrected chi connectivity index (χ4v) is 2.93. The van der Waals surface area contributed by atoms with Crippen LogP contribution in [-0.2, 0) is 4.79 Å². The van der Waals surface area contributed by atoms with Gasteiger partial charge in [0.15, 0.2) is 0 Å². The Labute approximate surface area is 194 Å². The molecule has 0 saturated carbocycles. The molecule has 0 atom stereocenters. The molecule has 0 bridgehead atoms. The van der Waals surface area contributed by atoms with Gasteiger partial charge in [-0.2, -0.15) is 5.10 Å². The number of hydrogen-bond acceptors (Lipinski definition) is 5. The Morgan fingerprint density at radius 1 is 0.938 bits per heavy atom. The molecule has 3 aromatic rings. The molecular formula is C23H17Cl2N3O4. The summed E-state index contributed by atoms with van der Waals surface area (Å²) in [6, 6.07) is 19.5. The van der Waals surface area contributed by atoms with Gasteiger partial charge in [0, 0.05) is 5.02 Å². The maximum atomic E-state index is 12.1. The number of esters is 1. The zero-order chi connectivity index (χ0) is 22.9. The van der Waals surface area contributed by atoms with Gasteiger partial charge in [-0.25, -0.2) is 10.2 Å². The highest BCUT2D eigenvalue weighted by atomic mass is 35.5. The number of nitrogens with one attached hydrogen (secondary N) is 2. The highest BCUT2D eigenvalue weighted by molar-refractivity contribution is 6.33. The minimum Gasteiger partial charge on any atom is -0.423 e. The Morgan fingerprint density at radius 3 is 2.41 bits per heavy atom. The van der Waals surface area contributed by atoms with Crippen LogP contribution in [0.25, 0.3) is 0 Å². The van der Waals surface area contributed by atoms with Gasteiger partial charge in [-0.1, -0.05) is 41.4 Å². The van der Waals surface area contributed by atoms with E-state index >= 15 is 0 Å². The number of hydrazone groups is 1. The molecule has 0 aromatic heterocycles. The average molecular weight is 470 g/mol. The van der Waals surface area contributed by atoms with Crippen LogP contribution in [0.1, 0.15) is 26.3 Å². The normalized spacial score (nSPS) is 10.6. The first-order valence-corrected chi connectivity index (χ1v) is 10.1. The molecule has 0 unspecified atom stereocenters. The van der Waals surface area contributed by atoms with Gasteiger partial charge in [0.05, 0.1) is 28.9 Å². The molecule has 162 valence electrons. The second-order valence-corrected chi connectivity index (χ2v) is 7.27. The van der Waals surface area contributed by atoms with Crippen LogP contribution < -0.4 is 15.5 Å². The van der Waals surface area contributed by atoms with Crippen LogP contribution in [0.5, 0.6) is 5.75 Å². The fraction of sp³-hybridized carbons (Fsp3) is 0.0435. The molecule has 2 N–H and O–H groups in total. The predicted molar refractivity (Wildman–Crippen MR) is 122 cm³/mol. The van der Waals surface area contributed by atoms with Gasteiger partial charge in [0.2, 0.25) is 0 Å². The number of ether oxygens (including phenoxy) is 1. The van der Waals surface area contributed by atoms with Gasteiger partial charge in [0.1, 0.15) is 5.75 Å². The first-order valence-electron chi connectivity index (χ1n) is 9.35. The van der Waals surface area contributed by atoms with Crippen molar-refractivity contribution in [2.24, 2.45) is 5.10 Å². The average Bonchev–Trinajstić information content (AvgIpc) is 2.79. The third kappa shape index (κ3) is 6.66. The van der Waals surface area contributed by atoms with Gasteiger partial charge in [-0.3, -0.25) is 9.59 Å². The number of rotatable bonds is 7. The molecule has 0 heterocycles. The van der Waals surface area contributed by atoms with E-state index in [2.05, 4.69) is 15.8 Å². The molecule has 0 aliphatic carbocycles. The van der Waals surface area contributed by atoms with Crippen molar-refractivity contribution in [2.45, 2.75) is 0 Å². The van der Waals surface area contributed by atoms with E-state index in [4.69, 9.17) is 27.9 Å². The van der Waals surface area contributed by atoms with E-state index in [0.717, 1.165) is 0 Å². The topological polar surface area (TPSA) is 96.9 Å². The maximum Gasteiger partial charge on any atom is 0.343 e. The molecule has 0 aliphatic rings. The molecule has 9 heteroatoms. The van der Waals surface area contributed by atoms with Crippen LogP contribution in [0.15, 0.2) is 77.9 Å². The second kappa shape index (κ2) is 11.1. The maximum absolute atomic E-state index is 12.1. The lowest BCUT2D eigenvalue weighted by Gasteiger charge is -2.06. The smallest absolute Gasteiger partial charge is 0.343 e. The van der Waals surface area contributed by atoms with Crippen molar-refractivity contribution in [1.82, 2.24) is 10.7 Å². The van der Waals surface area contributed by atoms with Gasteiger partial charge in [-0.05, 0) is 60.2 Å². The Bertz CT molecular complexity index is 1160. The Hall–Kier alpha value is -3.68. The number of carbonyl (C=O) groups excluding carboxylic acids is 3. The summed E-state index contributed by atoms with van der Waals surface area (Å²) in [4.78, 5) is 36.0. The third-order valence-electron chi connectivity index (χ3n) is 4.08. The Balaban J connectivity index is 1.46. The molecule has 0 radical (unpaired) electrons. The van der Waals surface area contributed by atoms with E-state index in [0.29, 0.717) is 26.9 Å². The zero-order valence-electron chi connectivity index (χ0n) is 16.5. The number of benzene rings is 3. The Morgan fingerprint density at radius 2 is 1.69 bits per heavy atom. The van der Waals surface area contributed by atoms with Gasteiger partial charge < -0.3 is 10.1 Å². The summed E-state index contributed by atoms with van der Waals surface area (Å²) in [7, 11) is 0. The van der Waals surface area contributed by atoms with Crippen LogP contribution in [0, 0.1) is 0 Å². The van der Waals surface area contributed by atoms with Gasteiger partial charge in [0.25, 0.3) is 11.8 Å². The van der Waals surface area contributed by atoms with E-state index in [9.17, 15) is 14.4 Å². The van der Waals surface area contributed by atoms with Crippen LogP contribution in [0.3, 0.4) is 0 Å². The van der Waals surface area contributed by atoms with Crippen molar-refractivity contribution < 1.29 is 19.1 Å². The van der Waals surface area contributed by atoms with E-state index in [1.807, 2.05) is 0 Å². The molecule has 7 nitrogen and oxygen atoms in total. The molecule has 3 rings (SSSR count). The lowest BCUT2D eigenvalue weighted by atomic mass is 10.2. The number of amides is 2. The lowest BCUT2D eigenvalue weighted by Crippen LogP contribution is -2.35. The SMILES string of the molecule is O=C(CNC(=O)c1ccccc1Cl)NN=Cc1ccc(OC(=O)c2cccc(Cl)c2)cc1. The van der Waals surface area contributed by atoms with E-state index in [1.54, 1.807) is 66.7 Å². The van der Waals surface area contributed by atoms with E-state index < -0.39 is 17.8 Å². The van der Waals surface area contributed by atoms with E-state index in [-0.39, 0.29) is 12.1 Å². The largest absolute Gasteiger partial charge is 0.423 e. The van der Waals surface area contributed by atoms with Crippen molar-refractivity contribution in [1.29, 1.82) is 0 Å². The highest BCUT2D eigenvalue weighted by Crippen LogP contribution is 2.16. The molecule has 0 spiro atoms. The van der Waals surface area contributed by atoms with Crippen molar-refractivity contribution in [3.8, 4) is 5.75 Å². The van der Waals surface area contributed by atoms with Crippen molar-refractivity contribution in [3.63, 3.8) is 0 Å². The fourth-order valence-electron chi connectivity index (χ4n) is 2.52. The van der Waals surface area contributed by atoms with Gasteiger partial charge in [-0.15, -0.1) is 0 Å². The minimum absolute atomic E-state index is 0.264. The number of nitrogens with zero attached hydrogens (tertiary/aromatic N) is 1. The Kier molecular flexibility index (Phi) is 7.96. The van der Waals surface area contributed by atoms with Gasteiger partial charge >= 0.3 is 5.97 Å². The lowest BCUT2D eigenvalue weighted by molar-refractivity contribution is -0.120. The molecule has 32 heavy (non-hydrogen) atoms.